The van der Waals surface area contributed by atoms with Crippen LogP contribution in [0.25, 0.3) is 10.9 Å². The van der Waals surface area contributed by atoms with Gasteiger partial charge >= 0.3 is 0 Å². The number of benzene rings is 1. The van der Waals surface area contributed by atoms with Crippen molar-refractivity contribution in [3.8, 4) is 11.6 Å². The highest BCUT2D eigenvalue weighted by atomic mass is 16.5. The minimum atomic E-state index is 0.398. The number of nitrogens with two attached hydrogens (primary N) is 1. The Hall–Kier alpha value is -2.62. The molecule has 1 aromatic carbocycles. The van der Waals surface area contributed by atoms with Crippen molar-refractivity contribution in [2.45, 2.75) is 0 Å². The van der Waals surface area contributed by atoms with E-state index in [2.05, 4.69) is 9.97 Å². The quantitative estimate of drug-likeness (QED) is 0.744. The minimum Gasteiger partial charge on any atom is -0.435 e. The Labute approximate surface area is 104 Å². The molecule has 0 spiro atoms. The SMILES string of the molecule is Nc1cccnc1Oc1cnc2ccccc2c1. The van der Waals surface area contributed by atoms with E-state index in [4.69, 9.17) is 10.5 Å². The van der Waals surface area contributed by atoms with Gasteiger partial charge in [-0.25, -0.2) is 4.98 Å². The first-order chi connectivity index (χ1) is 8.83. The molecule has 0 bridgehead atoms. The van der Waals surface area contributed by atoms with Gasteiger partial charge in [-0.15, -0.1) is 0 Å². The molecule has 3 rings (SSSR count). The molecule has 18 heavy (non-hydrogen) atoms. The number of hydrogen-bond acceptors (Lipinski definition) is 4. The van der Waals surface area contributed by atoms with E-state index in [-0.39, 0.29) is 0 Å². The second-order valence-electron chi connectivity index (χ2n) is 3.86. The van der Waals surface area contributed by atoms with Gasteiger partial charge in [-0.1, -0.05) is 18.2 Å². The van der Waals surface area contributed by atoms with Gasteiger partial charge in [0.1, 0.15) is 5.75 Å². The predicted octanol–water partition coefficient (Wildman–Crippen LogP) is 3.00. The highest BCUT2D eigenvalue weighted by Gasteiger charge is 2.04. The summed E-state index contributed by atoms with van der Waals surface area (Å²) in [5.41, 5.74) is 7.21. The largest absolute Gasteiger partial charge is 0.435 e. The van der Waals surface area contributed by atoms with Crippen molar-refractivity contribution in [3.63, 3.8) is 0 Å². The molecular formula is C14H11N3O. The van der Waals surface area contributed by atoms with E-state index in [0.29, 0.717) is 17.3 Å². The lowest BCUT2D eigenvalue weighted by Crippen LogP contribution is -1.94. The van der Waals surface area contributed by atoms with Gasteiger partial charge in [0.15, 0.2) is 0 Å². The number of fused-ring (bicyclic) bond motifs is 1. The Bertz CT molecular complexity index is 697. The number of nitrogen functional groups attached to an aromatic ring is 1. The number of ether oxygens (including phenoxy) is 1. The molecule has 0 atom stereocenters. The topological polar surface area (TPSA) is 61.0 Å². The van der Waals surface area contributed by atoms with Crippen molar-refractivity contribution < 1.29 is 4.74 Å². The van der Waals surface area contributed by atoms with Crippen LogP contribution in [0.1, 0.15) is 0 Å². The molecule has 0 amide bonds. The van der Waals surface area contributed by atoms with Crippen LogP contribution in [-0.2, 0) is 0 Å². The van der Waals surface area contributed by atoms with Crippen LogP contribution in [-0.4, -0.2) is 9.97 Å². The Balaban J connectivity index is 1.98. The first kappa shape index (κ1) is 10.5. The van der Waals surface area contributed by atoms with E-state index in [1.807, 2.05) is 30.3 Å². The molecule has 3 aromatic rings. The van der Waals surface area contributed by atoms with Crippen LogP contribution in [0.15, 0.2) is 54.9 Å². The summed E-state index contributed by atoms with van der Waals surface area (Å²) in [6.45, 7) is 0. The molecule has 2 N–H and O–H groups in total. The third kappa shape index (κ3) is 1.96. The Morgan fingerprint density at radius 2 is 1.89 bits per heavy atom. The zero-order valence-electron chi connectivity index (χ0n) is 9.58. The zero-order chi connectivity index (χ0) is 12.4. The number of rotatable bonds is 2. The van der Waals surface area contributed by atoms with Crippen LogP contribution >= 0.6 is 0 Å². The van der Waals surface area contributed by atoms with Crippen molar-refractivity contribution in [2.75, 3.05) is 5.73 Å². The smallest absolute Gasteiger partial charge is 0.242 e. The third-order valence-electron chi connectivity index (χ3n) is 2.58. The molecule has 0 saturated heterocycles. The van der Waals surface area contributed by atoms with Crippen LogP contribution in [0.4, 0.5) is 5.69 Å². The summed E-state index contributed by atoms with van der Waals surface area (Å²) in [6, 6.07) is 13.3. The molecule has 0 aliphatic carbocycles. The van der Waals surface area contributed by atoms with E-state index >= 15 is 0 Å². The molecule has 2 heterocycles. The second-order valence-corrected chi connectivity index (χ2v) is 3.86. The maximum absolute atomic E-state index is 5.77. The normalized spacial score (nSPS) is 10.4. The van der Waals surface area contributed by atoms with Gasteiger partial charge in [-0.3, -0.25) is 4.98 Å². The fourth-order valence-corrected chi connectivity index (χ4v) is 1.71. The highest BCUT2D eigenvalue weighted by molar-refractivity contribution is 5.79. The molecule has 0 aliphatic rings. The maximum atomic E-state index is 5.77. The zero-order valence-corrected chi connectivity index (χ0v) is 9.58. The lowest BCUT2D eigenvalue weighted by Gasteiger charge is -2.07. The molecule has 0 saturated carbocycles. The predicted molar refractivity (Wildman–Crippen MR) is 70.5 cm³/mol. The van der Waals surface area contributed by atoms with E-state index in [1.165, 1.54) is 0 Å². The summed E-state index contributed by atoms with van der Waals surface area (Å²) >= 11 is 0. The molecule has 0 fully saturated rings. The highest BCUT2D eigenvalue weighted by Crippen LogP contribution is 2.25. The molecule has 4 heteroatoms. The average molecular weight is 237 g/mol. The van der Waals surface area contributed by atoms with Crippen molar-refractivity contribution in [1.82, 2.24) is 9.97 Å². The Morgan fingerprint density at radius 1 is 1.00 bits per heavy atom. The number of pyridine rings is 2. The van der Waals surface area contributed by atoms with Crippen molar-refractivity contribution in [1.29, 1.82) is 0 Å². The fraction of sp³-hybridized carbons (Fsp3) is 0. The number of anilines is 1. The standard InChI is InChI=1S/C14H11N3O/c15-12-5-3-7-16-14(12)18-11-8-10-4-1-2-6-13(10)17-9-11/h1-9H,15H2. The first-order valence-corrected chi connectivity index (χ1v) is 5.56. The number of hydrogen-bond donors (Lipinski definition) is 1. The summed E-state index contributed by atoms with van der Waals surface area (Å²) in [5.74, 6) is 1.02. The summed E-state index contributed by atoms with van der Waals surface area (Å²) in [6.07, 6.45) is 3.30. The molecular weight excluding hydrogens is 226 g/mol. The molecule has 0 unspecified atom stereocenters. The lowest BCUT2D eigenvalue weighted by atomic mass is 10.2. The van der Waals surface area contributed by atoms with Gasteiger partial charge in [-0.05, 0) is 24.3 Å². The van der Waals surface area contributed by atoms with Gasteiger partial charge in [0.25, 0.3) is 0 Å². The minimum absolute atomic E-state index is 0.398. The number of aromatic nitrogens is 2. The van der Waals surface area contributed by atoms with Gasteiger partial charge in [0.05, 0.1) is 17.4 Å². The Morgan fingerprint density at radius 3 is 2.78 bits per heavy atom. The van der Waals surface area contributed by atoms with Crippen LogP contribution in [0.2, 0.25) is 0 Å². The lowest BCUT2D eigenvalue weighted by molar-refractivity contribution is 0.464. The molecule has 4 nitrogen and oxygen atoms in total. The number of nitrogens with zero attached hydrogens (tertiary/aromatic N) is 2. The van der Waals surface area contributed by atoms with E-state index in [0.717, 1.165) is 10.9 Å². The van der Waals surface area contributed by atoms with Crippen molar-refractivity contribution in [2.24, 2.45) is 0 Å². The summed E-state index contributed by atoms with van der Waals surface area (Å²) < 4.78 is 5.62. The van der Waals surface area contributed by atoms with E-state index < -0.39 is 0 Å². The summed E-state index contributed by atoms with van der Waals surface area (Å²) in [4.78, 5) is 8.39. The molecule has 0 radical (unpaired) electrons. The van der Waals surface area contributed by atoms with Crippen molar-refractivity contribution in [3.05, 3.63) is 54.9 Å². The molecule has 88 valence electrons. The molecule has 2 aromatic heterocycles. The fourth-order valence-electron chi connectivity index (χ4n) is 1.71. The van der Waals surface area contributed by atoms with Gasteiger partial charge in [0, 0.05) is 11.6 Å². The van der Waals surface area contributed by atoms with Gasteiger partial charge < -0.3 is 10.5 Å². The van der Waals surface area contributed by atoms with Gasteiger partial charge in [0.2, 0.25) is 5.88 Å². The Kier molecular flexibility index (Phi) is 2.53. The summed E-state index contributed by atoms with van der Waals surface area (Å²) in [5, 5.41) is 1.02. The molecule has 0 aliphatic heterocycles. The van der Waals surface area contributed by atoms with E-state index in [1.54, 1.807) is 24.5 Å². The first-order valence-electron chi connectivity index (χ1n) is 5.56. The number of para-hydroxylation sites is 1. The monoisotopic (exact) mass is 237 g/mol. The van der Waals surface area contributed by atoms with Crippen LogP contribution in [0.3, 0.4) is 0 Å². The average Bonchev–Trinajstić information content (AvgIpc) is 2.41. The van der Waals surface area contributed by atoms with Crippen LogP contribution in [0.5, 0.6) is 11.6 Å². The van der Waals surface area contributed by atoms with Crippen LogP contribution < -0.4 is 10.5 Å². The maximum Gasteiger partial charge on any atom is 0.242 e. The van der Waals surface area contributed by atoms with E-state index in [9.17, 15) is 0 Å². The van der Waals surface area contributed by atoms with Crippen LogP contribution in [0, 0.1) is 0 Å². The third-order valence-corrected chi connectivity index (χ3v) is 2.58. The summed E-state index contributed by atoms with van der Waals surface area (Å²) in [7, 11) is 0. The van der Waals surface area contributed by atoms with Crippen molar-refractivity contribution >= 4 is 16.6 Å². The second kappa shape index (κ2) is 4.33. The van der Waals surface area contributed by atoms with Gasteiger partial charge in [-0.2, -0.15) is 0 Å².